The number of hydrogen-bond acceptors (Lipinski definition) is 2. The standard InChI is InChI=1S/C15H14O3/c1-10-3-8-14(11(2)9-10)18-13-6-4-12(5-7-13)15(16)17/h3-9H,1-2H3,(H,16,17). The van der Waals surface area contributed by atoms with Crippen molar-refractivity contribution in [3.63, 3.8) is 0 Å². The van der Waals surface area contributed by atoms with Crippen molar-refractivity contribution in [2.45, 2.75) is 13.8 Å². The fourth-order valence-electron chi connectivity index (χ4n) is 1.71. The van der Waals surface area contributed by atoms with Crippen molar-refractivity contribution in [3.05, 3.63) is 59.2 Å². The van der Waals surface area contributed by atoms with Gasteiger partial charge in [-0.15, -0.1) is 0 Å². The van der Waals surface area contributed by atoms with E-state index in [1.165, 1.54) is 17.7 Å². The first-order valence-corrected chi connectivity index (χ1v) is 5.65. The third-order valence-electron chi connectivity index (χ3n) is 2.66. The average Bonchev–Trinajstić information content (AvgIpc) is 2.33. The van der Waals surface area contributed by atoms with Crippen LogP contribution in [0.25, 0.3) is 0 Å². The molecule has 0 spiro atoms. The van der Waals surface area contributed by atoms with Crippen LogP contribution in [-0.2, 0) is 0 Å². The minimum atomic E-state index is -0.937. The van der Waals surface area contributed by atoms with E-state index in [1.807, 2.05) is 32.0 Å². The highest BCUT2D eigenvalue weighted by Crippen LogP contribution is 2.25. The molecule has 0 aliphatic carbocycles. The number of carboxylic acid groups (broad SMARTS) is 1. The molecule has 0 heterocycles. The number of carbonyl (C=O) groups is 1. The molecule has 0 bridgehead atoms. The van der Waals surface area contributed by atoms with Crippen molar-refractivity contribution in [2.75, 3.05) is 0 Å². The highest BCUT2D eigenvalue weighted by Gasteiger charge is 2.04. The summed E-state index contributed by atoms with van der Waals surface area (Å²) in [6.45, 7) is 4.01. The molecule has 3 nitrogen and oxygen atoms in total. The van der Waals surface area contributed by atoms with Gasteiger partial charge in [0.05, 0.1) is 5.56 Å². The Bertz CT molecular complexity index is 571. The normalized spacial score (nSPS) is 10.1. The van der Waals surface area contributed by atoms with E-state index in [0.717, 1.165) is 11.3 Å². The highest BCUT2D eigenvalue weighted by atomic mass is 16.5. The first-order chi connectivity index (χ1) is 8.56. The summed E-state index contributed by atoms with van der Waals surface area (Å²) in [4.78, 5) is 10.7. The van der Waals surface area contributed by atoms with Gasteiger partial charge >= 0.3 is 5.97 Å². The second-order valence-electron chi connectivity index (χ2n) is 4.20. The number of rotatable bonds is 3. The monoisotopic (exact) mass is 242 g/mol. The quantitative estimate of drug-likeness (QED) is 0.890. The zero-order chi connectivity index (χ0) is 13.1. The van der Waals surface area contributed by atoms with Crippen LogP contribution in [0.2, 0.25) is 0 Å². The molecule has 0 fully saturated rings. The number of hydrogen-bond donors (Lipinski definition) is 1. The van der Waals surface area contributed by atoms with Crippen LogP contribution < -0.4 is 4.74 Å². The van der Waals surface area contributed by atoms with Gasteiger partial charge in [0.15, 0.2) is 0 Å². The molecule has 0 radical (unpaired) electrons. The summed E-state index contributed by atoms with van der Waals surface area (Å²) >= 11 is 0. The molecule has 2 rings (SSSR count). The molecule has 0 unspecified atom stereocenters. The third kappa shape index (κ3) is 2.69. The smallest absolute Gasteiger partial charge is 0.335 e. The molecule has 0 saturated heterocycles. The Morgan fingerprint density at radius 1 is 1.06 bits per heavy atom. The summed E-state index contributed by atoms with van der Waals surface area (Å²) in [5, 5.41) is 8.80. The Hall–Kier alpha value is -2.29. The van der Waals surface area contributed by atoms with Crippen molar-refractivity contribution < 1.29 is 14.6 Å². The van der Waals surface area contributed by atoms with Gasteiger partial charge in [0.1, 0.15) is 11.5 Å². The molecule has 2 aromatic carbocycles. The van der Waals surface area contributed by atoms with E-state index in [2.05, 4.69) is 0 Å². The zero-order valence-electron chi connectivity index (χ0n) is 10.3. The van der Waals surface area contributed by atoms with E-state index in [4.69, 9.17) is 9.84 Å². The molecular weight excluding hydrogens is 228 g/mol. The Morgan fingerprint density at radius 2 is 1.72 bits per heavy atom. The van der Waals surface area contributed by atoms with Gasteiger partial charge in [-0.2, -0.15) is 0 Å². The van der Waals surface area contributed by atoms with Gasteiger partial charge in [0.2, 0.25) is 0 Å². The van der Waals surface area contributed by atoms with E-state index in [0.29, 0.717) is 5.75 Å². The molecule has 2 aromatic rings. The van der Waals surface area contributed by atoms with E-state index in [1.54, 1.807) is 12.1 Å². The summed E-state index contributed by atoms with van der Waals surface area (Å²) in [5.41, 5.74) is 2.49. The zero-order valence-corrected chi connectivity index (χ0v) is 10.3. The Morgan fingerprint density at radius 3 is 2.28 bits per heavy atom. The topological polar surface area (TPSA) is 46.5 Å². The number of ether oxygens (including phenoxy) is 1. The Kier molecular flexibility index (Phi) is 3.33. The molecule has 0 atom stereocenters. The number of aryl methyl sites for hydroxylation is 2. The molecule has 3 heteroatoms. The lowest BCUT2D eigenvalue weighted by atomic mass is 10.1. The van der Waals surface area contributed by atoms with Crippen LogP contribution in [0.1, 0.15) is 21.5 Å². The minimum Gasteiger partial charge on any atom is -0.478 e. The SMILES string of the molecule is Cc1ccc(Oc2ccc(C(=O)O)cc2)c(C)c1. The maximum absolute atomic E-state index is 10.7. The van der Waals surface area contributed by atoms with Crippen LogP contribution in [0.3, 0.4) is 0 Å². The largest absolute Gasteiger partial charge is 0.478 e. The molecule has 0 aliphatic rings. The van der Waals surface area contributed by atoms with E-state index in [-0.39, 0.29) is 5.56 Å². The number of aromatic carboxylic acids is 1. The summed E-state index contributed by atoms with van der Waals surface area (Å²) in [7, 11) is 0. The van der Waals surface area contributed by atoms with Crippen molar-refractivity contribution in [2.24, 2.45) is 0 Å². The van der Waals surface area contributed by atoms with Crippen molar-refractivity contribution in [3.8, 4) is 11.5 Å². The average molecular weight is 242 g/mol. The molecule has 1 N–H and O–H groups in total. The van der Waals surface area contributed by atoms with E-state index >= 15 is 0 Å². The Balaban J connectivity index is 2.21. The molecule has 92 valence electrons. The minimum absolute atomic E-state index is 0.253. The first kappa shape index (κ1) is 12.2. The van der Waals surface area contributed by atoms with Crippen LogP contribution in [0.4, 0.5) is 0 Å². The van der Waals surface area contributed by atoms with Crippen LogP contribution in [0, 0.1) is 13.8 Å². The highest BCUT2D eigenvalue weighted by molar-refractivity contribution is 5.87. The number of benzene rings is 2. The van der Waals surface area contributed by atoms with Crippen molar-refractivity contribution >= 4 is 5.97 Å². The van der Waals surface area contributed by atoms with Gasteiger partial charge in [0, 0.05) is 0 Å². The van der Waals surface area contributed by atoms with Crippen LogP contribution in [0.5, 0.6) is 11.5 Å². The van der Waals surface area contributed by atoms with Crippen LogP contribution in [-0.4, -0.2) is 11.1 Å². The maximum Gasteiger partial charge on any atom is 0.335 e. The summed E-state index contributed by atoms with van der Waals surface area (Å²) in [6, 6.07) is 12.3. The molecule has 0 aromatic heterocycles. The molecule has 0 aliphatic heterocycles. The predicted molar refractivity (Wildman–Crippen MR) is 69.4 cm³/mol. The first-order valence-electron chi connectivity index (χ1n) is 5.65. The second kappa shape index (κ2) is 4.92. The van der Waals surface area contributed by atoms with Gasteiger partial charge in [-0.3, -0.25) is 0 Å². The fourth-order valence-corrected chi connectivity index (χ4v) is 1.71. The fraction of sp³-hybridized carbons (Fsp3) is 0.133. The van der Waals surface area contributed by atoms with Gasteiger partial charge in [0.25, 0.3) is 0 Å². The third-order valence-corrected chi connectivity index (χ3v) is 2.66. The lowest BCUT2D eigenvalue weighted by molar-refractivity contribution is 0.0697. The lowest BCUT2D eigenvalue weighted by Gasteiger charge is -2.09. The maximum atomic E-state index is 10.7. The van der Waals surface area contributed by atoms with Crippen molar-refractivity contribution in [1.29, 1.82) is 0 Å². The van der Waals surface area contributed by atoms with Crippen LogP contribution >= 0.6 is 0 Å². The predicted octanol–water partition coefficient (Wildman–Crippen LogP) is 3.79. The van der Waals surface area contributed by atoms with E-state index in [9.17, 15) is 4.79 Å². The molecular formula is C15H14O3. The summed E-state index contributed by atoms with van der Waals surface area (Å²) in [6.07, 6.45) is 0. The van der Waals surface area contributed by atoms with Gasteiger partial charge in [-0.05, 0) is 49.7 Å². The molecule has 0 amide bonds. The van der Waals surface area contributed by atoms with Crippen LogP contribution in [0.15, 0.2) is 42.5 Å². The summed E-state index contributed by atoms with van der Waals surface area (Å²) in [5.74, 6) is 0.476. The lowest BCUT2D eigenvalue weighted by Crippen LogP contribution is -1.95. The molecule has 0 saturated carbocycles. The Labute approximate surface area is 106 Å². The number of carboxylic acids is 1. The second-order valence-corrected chi connectivity index (χ2v) is 4.20. The molecule has 18 heavy (non-hydrogen) atoms. The van der Waals surface area contributed by atoms with Gasteiger partial charge in [-0.25, -0.2) is 4.79 Å². The summed E-state index contributed by atoms with van der Waals surface area (Å²) < 4.78 is 5.71. The van der Waals surface area contributed by atoms with Crippen molar-refractivity contribution in [1.82, 2.24) is 0 Å². The van der Waals surface area contributed by atoms with Gasteiger partial charge in [-0.1, -0.05) is 17.7 Å². The van der Waals surface area contributed by atoms with E-state index < -0.39 is 5.97 Å². The van der Waals surface area contributed by atoms with Gasteiger partial charge < -0.3 is 9.84 Å².